The van der Waals surface area contributed by atoms with Crippen LogP contribution in [0.25, 0.3) is 0 Å². The number of fused-ring (bicyclic) bond motifs is 1. The number of hydrogen-bond donors (Lipinski definition) is 1. The van der Waals surface area contributed by atoms with E-state index < -0.39 is 0 Å². The molecule has 0 aromatic heterocycles. The van der Waals surface area contributed by atoms with Gasteiger partial charge in [-0.25, -0.2) is 0 Å². The number of carbonyl (C=O) groups is 1. The molecule has 0 bridgehead atoms. The Hall–Kier alpha value is -1.69. The van der Waals surface area contributed by atoms with Crippen LogP contribution in [0.15, 0.2) is 41.1 Å². The predicted molar refractivity (Wildman–Crippen MR) is 122 cm³/mol. The maximum absolute atomic E-state index is 11.6. The van der Waals surface area contributed by atoms with Crippen LogP contribution in [0.3, 0.4) is 0 Å². The summed E-state index contributed by atoms with van der Waals surface area (Å²) in [5.41, 5.74) is 3.16. The standard InChI is InChI=1S/C23H29Cl2N3O2/c24-19-4-1-5-21(23(19)25)28-12-2-10-27(13-14-28)11-3-15-30-18-8-6-17-7-9-22(29)26-20(17)16-18/h1,5-6,8,16,19H,2-4,7,9-15H2,(H,26,29). The van der Waals surface area contributed by atoms with Gasteiger partial charge < -0.3 is 19.9 Å². The quantitative estimate of drug-likeness (QED) is 0.517. The summed E-state index contributed by atoms with van der Waals surface area (Å²) in [6.07, 6.45) is 8.48. The minimum Gasteiger partial charge on any atom is -0.493 e. The summed E-state index contributed by atoms with van der Waals surface area (Å²) in [7, 11) is 0. The number of hydrogen-bond acceptors (Lipinski definition) is 4. The summed E-state index contributed by atoms with van der Waals surface area (Å²) in [5, 5.41) is 3.61. The van der Waals surface area contributed by atoms with Crippen LogP contribution in [0.1, 0.15) is 31.2 Å². The van der Waals surface area contributed by atoms with Gasteiger partial charge in [0.05, 0.1) is 22.7 Å². The summed E-state index contributed by atoms with van der Waals surface area (Å²) < 4.78 is 5.93. The van der Waals surface area contributed by atoms with Crippen LogP contribution in [0.4, 0.5) is 5.69 Å². The van der Waals surface area contributed by atoms with Crippen molar-refractivity contribution in [2.24, 2.45) is 0 Å². The molecule has 162 valence electrons. The van der Waals surface area contributed by atoms with Gasteiger partial charge in [0.1, 0.15) is 5.75 Å². The fourth-order valence-corrected chi connectivity index (χ4v) is 4.74. The van der Waals surface area contributed by atoms with E-state index in [-0.39, 0.29) is 11.3 Å². The van der Waals surface area contributed by atoms with Gasteiger partial charge in [0.25, 0.3) is 0 Å². The first-order valence-corrected chi connectivity index (χ1v) is 11.6. The van der Waals surface area contributed by atoms with Crippen LogP contribution < -0.4 is 10.1 Å². The van der Waals surface area contributed by atoms with Crippen LogP contribution in [0.2, 0.25) is 0 Å². The molecular weight excluding hydrogens is 421 g/mol. The maximum Gasteiger partial charge on any atom is 0.224 e. The lowest BCUT2D eigenvalue weighted by atomic mass is 10.0. The van der Waals surface area contributed by atoms with E-state index in [1.165, 1.54) is 5.56 Å². The van der Waals surface area contributed by atoms with Crippen LogP contribution in [0.5, 0.6) is 5.75 Å². The highest BCUT2D eigenvalue weighted by atomic mass is 35.5. The molecule has 2 aliphatic heterocycles. The highest BCUT2D eigenvalue weighted by Crippen LogP contribution is 2.30. The Kier molecular flexibility index (Phi) is 7.24. The third kappa shape index (κ3) is 5.32. The van der Waals surface area contributed by atoms with Crippen molar-refractivity contribution in [1.82, 2.24) is 9.80 Å². The van der Waals surface area contributed by atoms with Gasteiger partial charge in [-0.05, 0) is 49.9 Å². The average molecular weight is 450 g/mol. The number of alkyl halides is 1. The van der Waals surface area contributed by atoms with Crippen molar-refractivity contribution in [1.29, 1.82) is 0 Å². The average Bonchev–Trinajstić information content (AvgIpc) is 2.98. The second-order valence-electron chi connectivity index (χ2n) is 8.09. The minimum atomic E-state index is -0.0971. The molecule has 3 aliphatic rings. The van der Waals surface area contributed by atoms with Crippen molar-refractivity contribution in [3.63, 3.8) is 0 Å². The number of allylic oxidation sites excluding steroid dienone is 3. The number of aryl methyl sites for hydroxylation is 1. The molecule has 30 heavy (non-hydrogen) atoms. The number of nitrogens with zero attached hydrogens (tertiary/aromatic N) is 2. The Morgan fingerprint density at radius 1 is 1.17 bits per heavy atom. The molecule has 1 aliphatic carbocycles. The van der Waals surface area contributed by atoms with Gasteiger partial charge in [-0.1, -0.05) is 23.7 Å². The predicted octanol–water partition coefficient (Wildman–Crippen LogP) is 4.37. The van der Waals surface area contributed by atoms with Crippen LogP contribution in [0, 0.1) is 0 Å². The zero-order valence-corrected chi connectivity index (χ0v) is 18.7. The lowest BCUT2D eigenvalue weighted by molar-refractivity contribution is -0.116. The van der Waals surface area contributed by atoms with Gasteiger partial charge in [-0.3, -0.25) is 4.79 Å². The van der Waals surface area contributed by atoms with Gasteiger partial charge in [-0.2, -0.15) is 0 Å². The molecule has 1 amide bonds. The Morgan fingerprint density at radius 3 is 2.97 bits per heavy atom. The third-order valence-electron chi connectivity index (χ3n) is 5.93. The lowest BCUT2D eigenvalue weighted by Crippen LogP contribution is -2.32. The number of rotatable bonds is 6. The van der Waals surface area contributed by atoms with E-state index in [9.17, 15) is 4.79 Å². The highest BCUT2D eigenvalue weighted by molar-refractivity contribution is 6.38. The molecule has 7 heteroatoms. The fraction of sp³-hybridized carbons (Fsp3) is 0.522. The first-order chi connectivity index (χ1) is 14.6. The first kappa shape index (κ1) is 21.5. The van der Waals surface area contributed by atoms with E-state index in [1.54, 1.807) is 0 Å². The molecule has 5 nitrogen and oxygen atoms in total. The second kappa shape index (κ2) is 10.1. The van der Waals surface area contributed by atoms with Crippen molar-refractivity contribution in [3.8, 4) is 5.75 Å². The van der Waals surface area contributed by atoms with Gasteiger partial charge in [-0.15, -0.1) is 11.6 Å². The summed E-state index contributed by atoms with van der Waals surface area (Å²) >= 11 is 12.8. The van der Waals surface area contributed by atoms with Gasteiger partial charge in [0.15, 0.2) is 0 Å². The zero-order chi connectivity index (χ0) is 20.9. The maximum atomic E-state index is 11.6. The van der Waals surface area contributed by atoms with Crippen LogP contribution >= 0.6 is 23.2 Å². The van der Waals surface area contributed by atoms with Gasteiger partial charge >= 0.3 is 0 Å². The van der Waals surface area contributed by atoms with Gasteiger partial charge in [0, 0.05) is 44.4 Å². The van der Waals surface area contributed by atoms with Crippen molar-refractivity contribution in [3.05, 3.63) is 46.6 Å². The molecule has 1 aromatic carbocycles. The highest BCUT2D eigenvalue weighted by Gasteiger charge is 2.22. The number of halogens is 2. The minimum absolute atomic E-state index is 0.0807. The Bertz CT molecular complexity index is 840. The lowest BCUT2D eigenvalue weighted by Gasteiger charge is -2.28. The van der Waals surface area contributed by atoms with Crippen molar-refractivity contribution < 1.29 is 9.53 Å². The summed E-state index contributed by atoms with van der Waals surface area (Å²) in [6.45, 7) is 5.74. The summed E-state index contributed by atoms with van der Waals surface area (Å²) in [6, 6.07) is 5.99. The van der Waals surface area contributed by atoms with Gasteiger partial charge in [0.2, 0.25) is 5.91 Å². The summed E-state index contributed by atoms with van der Waals surface area (Å²) in [4.78, 5) is 16.4. The number of benzene rings is 1. The van der Waals surface area contributed by atoms with E-state index >= 15 is 0 Å². The molecule has 1 unspecified atom stereocenters. The molecule has 1 fully saturated rings. The van der Waals surface area contributed by atoms with E-state index in [0.29, 0.717) is 13.0 Å². The number of anilines is 1. The number of nitrogens with one attached hydrogen (secondary N) is 1. The SMILES string of the molecule is O=C1CCc2ccc(OCCCN3CCCN(C4=C(Cl)C(Cl)CC=C4)CC3)cc2N1. The van der Waals surface area contributed by atoms with Crippen molar-refractivity contribution in [2.45, 2.75) is 37.5 Å². The third-order valence-corrected chi connectivity index (χ3v) is 6.90. The number of amides is 1. The molecule has 0 spiro atoms. The molecule has 1 saturated heterocycles. The largest absolute Gasteiger partial charge is 0.493 e. The normalized spacial score (nSPS) is 22.5. The zero-order valence-electron chi connectivity index (χ0n) is 17.2. The van der Waals surface area contributed by atoms with Crippen LogP contribution in [-0.2, 0) is 11.2 Å². The Labute approximate surface area is 188 Å². The Balaban J connectivity index is 1.22. The molecule has 2 heterocycles. The second-order valence-corrected chi connectivity index (χ2v) is 9.02. The van der Waals surface area contributed by atoms with Crippen LogP contribution in [-0.4, -0.2) is 60.4 Å². The number of carbonyl (C=O) groups excluding carboxylic acids is 1. The molecule has 0 saturated carbocycles. The molecule has 1 atom stereocenters. The molecule has 0 radical (unpaired) electrons. The van der Waals surface area contributed by atoms with E-state index in [0.717, 1.165) is 80.6 Å². The van der Waals surface area contributed by atoms with Crippen molar-refractivity contribution >= 4 is 34.8 Å². The topological polar surface area (TPSA) is 44.8 Å². The monoisotopic (exact) mass is 449 g/mol. The fourth-order valence-electron chi connectivity index (χ4n) is 4.25. The van der Waals surface area contributed by atoms with E-state index in [4.69, 9.17) is 27.9 Å². The molecule has 4 rings (SSSR count). The first-order valence-electron chi connectivity index (χ1n) is 10.8. The molecule has 1 aromatic rings. The molecule has 1 N–H and O–H groups in total. The summed E-state index contributed by atoms with van der Waals surface area (Å²) in [5.74, 6) is 0.900. The molecular formula is C23H29Cl2N3O2. The smallest absolute Gasteiger partial charge is 0.224 e. The Morgan fingerprint density at radius 2 is 2.07 bits per heavy atom. The van der Waals surface area contributed by atoms with Crippen molar-refractivity contribution in [2.75, 3.05) is 44.6 Å². The van der Waals surface area contributed by atoms with E-state index in [2.05, 4.69) is 33.3 Å². The number of ether oxygens (including phenoxy) is 1. The van der Waals surface area contributed by atoms with E-state index in [1.807, 2.05) is 12.1 Å².